The first kappa shape index (κ1) is 28.2. The summed E-state index contributed by atoms with van der Waals surface area (Å²) < 4.78 is 29.0. The molecule has 39 heavy (non-hydrogen) atoms. The van der Waals surface area contributed by atoms with Gasteiger partial charge in [0.1, 0.15) is 8.55 Å². The predicted molar refractivity (Wildman–Crippen MR) is 159 cm³/mol. The van der Waals surface area contributed by atoms with Crippen LogP contribution in [0.4, 0.5) is 0 Å². The Morgan fingerprint density at radius 1 is 1.05 bits per heavy atom. The van der Waals surface area contributed by atoms with Crippen molar-refractivity contribution in [1.29, 1.82) is 0 Å². The minimum Gasteiger partial charge on any atom is -0.274 e. The van der Waals surface area contributed by atoms with E-state index < -0.39 is 15.9 Å². The van der Waals surface area contributed by atoms with Gasteiger partial charge in [0.05, 0.1) is 22.6 Å². The Morgan fingerprint density at radius 3 is 2.62 bits per heavy atom. The zero-order valence-electron chi connectivity index (χ0n) is 20.3. The fraction of sp³-hybridized carbons (Fsp3) is 0.185. The number of aromatic nitrogens is 2. The lowest BCUT2D eigenvalue weighted by molar-refractivity contribution is -0.119. The number of carbonyl (C=O) groups is 1. The van der Waals surface area contributed by atoms with Gasteiger partial charge >= 0.3 is 0 Å². The summed E-state index contributed by atoms with van der Waals surface area (Å²) >= 11 is 25.0. The van der Waals surface area contributed by atoms with E-state index in [9.17, 15) is 13.2 Å². The first-order chi connectivity index (χ1) is 18.6. The van der Waals surface area contributed by atoms with Crippen molar-refractivity contribution in [3.8, 4) is 16.8 Å². The summed E-state index contributed by atoms with van der Waals surface area (Å²) in [5.74, 6) is -0.607. The van der Waals surface area contributed by atoms with Crippen LogP contribution in [0.15, 0.2) is 65.0 Å². The third-order valence-electron chi connectivity index (χ3n) is 6.27. The van der Waals surface area contributed by atoms with Crippen LogP contribution in [0.1, 0.15) is 36.9 Å². The molecular weight excluding hydrogens is 620 g/mol. The van der Waals surface area contributed by atoms with Crippen LogP contribution in [0.5, 0.6) is 0 Å². The fourth-order valence-corrected chi connectivity index (χ4v) is 7.92. The second-order valence-electron chi connectivity index (χ2n) is 8.94. The molecule has 0 unspecified atom stereocenters. The molecule has 5 rings (SSSR count). The number of hydrogen-bond acceptors (Lipinski definition) is 5. The monoisotopic (exact) mass is 639 g/mol. The van der Waals surface area contributed by atoms with Gasteiger partial charge in [-0.25, -0.2) is 17.8 Å². The van der Waals surface area contributed by atoms with Crippen LogP contribution in [0.3, 0.4) is 0 Å². The molecule has 12 heteroatoms. The second kappa shape index (κ2) is 11.6. The number of halogens is 4. The van der Waals surface area contributed by atoms with Crippen LogP contribution in [0.2, 0.25) is 19.4 Å². The molecule has 0 fully saturated rings. The van der Waals surface area contributed by atoms with Crippen molar-refractivity contribution in [2.45, 2.75) is 36.3 Å². The molecule has 1 aliphatic carbocycles. The Labute approximate surface area is 250 Å². The van der Waals surface area contributed by atoms with Gasteiger partial charge in [-0.05, 0) is 72.7 Å². The average Bonchev–Trinajstić information content (AvgIpc) is 3.48. The van der Waals surface area contributed by atoms with Gasteiger partial charge < -0.3 is 0 Å². The molecule has 0 atom stereocenters. The quantitative estimate of drug-likeness (QED) is 0.221. The number of rotatable bonds is 7. The van der Waals surface area contributed by atoms with E-state index in [0.717, 1.165) is 64.2 Å². The highest BCUT2D eigenvalue weighted by Crippen LogP contribution is 2.36. The van der Waals surface area contributed by atoms with Crippen LogP contribution in [-0.4, -0.2) is 24.1 Å². The zero-order valence-corrected chi connectivity index (χ0v) is 24.9. The molecule has 1 aliphatic rings. The maximum Gasteiger partial charge on any atom is 0.273 e. The van der Waals surface area contributed by atoms with Gasteiger partial charge in [-0.1, -0.05) is 70.7 Å². The minimum absolute atomic E-state index is 0.00356. The van der Waals surface area contributed by atoms with E-state index in [1.165, 1.54) is 6.07 Å². The largest absolute Gasteiger partial charge is 0.274 e. The van der Waals surface area contributed by atoms with E-state index in [1.54, 1.807) is 12.1 Å². The van der Waals surface area contributed by atoms with Gasteiger partial charge in [0.15, 0.2) is 0 Å². The molecule has 2 aromatic carbocycles. The van der Waals surface area contributed by atoms with Crippen LogP contribution in [-0.2, 0) is 21.2 Å². The number of benzene rings is 2. The van der Waals surface area contributed by atoms with Crippen molar-refractivity contribution >= 4 is 79.2 Å². The van der Waals surface area contributed by atoms with E-state index in [1.807, 2.05) is 47.3 Å². The molecule has 0 aliphatic heterocycles. The van der Waals surface area contributed by atoms with Crippen molar-refractivity contribution in [1.82, 2.24) is 14.5 Å². The molecule has 0 spiro atoms. The molecule has 0 radical (unpaired) electrons. The third-order valence-corrected chi connectivity index (χ3v) is 10.5. The van der Waals surface area contributed by atoms with E-state index in [0.29, 0.717) is 16.5 Å². The van der Waals surface area contributed by atoms with Gasteiger partial charge in [0.2, 0.25) is 5.91 Å². The number of allylic oxidation sites excluding steroid dienone is 2. The van der Waals surface area contributed by atoms with E-state index in [2.05, 4.69) is 9.82 Å². The average molecular weight is 641 g/mol. The van der Waals surface area contributed by atoms with Crippen LogP contribution >= 0.6 is 57.7 Å². The van der Waals surface area contributed by atoms with Gasteiger partial charge in [0.25, 0.3) is 10.0 Å². The van der Waals surface area contributed by atoms with Crippen LogP contribution in [0.25, 0.3) is 22.4 Å². The Balaban J connectivity index is 1.35. The number of hydrogen-bond donors (Lipinski definition) is 1. The molecule has 2 aromatic heterocycles. The van der Waals surface area contributed by atoms with Gasteiger partial charge in [-0.3, -0.25) is 4.79 Å². The number of sulfonamides is 1. The Morgan fingerprint density at radius 2 is 1.87 bits per heavy atom. The van der Waals surface area contributed by atoms with Gasteiger partial charge in [0, 0.05) is 22.0 Å². The van der Waals surface area contributed by atoms with E-state index in [-0.39, 0.29) is 20.0 Å². The first-order valence-corrected chi connectivity index (χ1v) is 15.8. The smallest absolute Gasteiger partial charge is 0.273 e. The number of fused-ring (bicyclic) bond motifs is 1. The molecule has 4 aromatic rings. The lowest BCUT2D eigenvalue weighted by Gasteiger charge is -2.18. The van der Waals surface area contributed by atoms with Crippen molar-refractivity contribution in [3.05, 3.63) is 91.5 Å². The van der Waals surface area contributed by atoms with E-state index >= 15 is 0 Å². The first-order valence-electron chi connectivity index (χ1n) is 11.9. The zero-order chi connectivity index (χ0) is 27.7. The van der Waals surface area contributed by atoms with Crippen LogP contribution in [0, 0.1) is 0 Å². The number of aryl methyl sites for hydroxylation is 1. The molecule has 2 heterocycles. The van der Waals surface area contributed by atoms with Gasteiger partial charge in [-0.15, -0.1) is 11.3 Å². The van der Waals surface area contributed by atoms with Crippen molar-refractivity contribution in [3.63, 3.8) is 0 Å². The summed E-state index contributed by atoms with van der Waals surface area (Å²) in [6, 6.07) is 14.6. The molecule has 1 amide bonds. The topological polar surface area (TPSA) is 81.1 Å². The SMILES string of the molecule is O=C(CC/C=C1\CCCc2cnn(-c3cccc(-c4ccc(Cl)cc4Cl)c3)c21)NS(=O)(=O)c1cc(Cl)c(Cl)s1. The standard InChI is InChI=1S/C27H21Cl4N3O3S2/c28-19-10-11-21(22(29)13-19)17-6-2-8-20(12-17)34-26-16(4-1-7-18(26)15-32-34)5-3-9-24(35)33-39(36,37)25-14-23(30)27(31)38-25/h2,5-6,8,10-15H,1,3-4,7,9H2,(H,33,35)/b16-5+. The Kier molecular flexibility index (Phi) is 8.42. The predicted octanol–water partition coefficient (Wildman–Crippen LogP) is 8.22. The van der Waals surface area contributed by atoms with Crippen LogP contribution < -0.4 is 4.72 Å². The number of thiophene rings is 1. The maximum absolute atomic E-state index is 12.5. The Bertz CT molecular complexity index is 1690. The normalized spacial score (nSPS) is 14.4. The molecule has 1 N–H and O–H groups in total. The molecule has 0 saturated heterocycles. The fourth-order valence-electron chi connectivity index (χ4n) is 4.51. The summed E-state index contributed by atoms with van der Waals surface area (Å²) in [6.45, 7) is 0. The van der Waals surface area contributed by atoms with Crippen molar-refractivity contribution in [2.75, 3.05) is 0 Å². The summed E-state index contributed by atoms with van der Waals surface area (Å²) in [6.07, 6.45) is 6.93. The Hall–Kier alpha value is -2.33. The molecule has 0 saturated carbocycles. The van der Waals surface area contributed by atoms with Gasteiger partial charge in [-0.2, -0.15) is 5.10 Å². The highest BCUT2D eigenvalue weighted by molar-refractivity contribution is 7.92. The van der Waals surface area contributed by atoms with Crippen molar-refractivity contribution < 1.29 is 13.2 Å². The van der Waals surface area contributed by atoms with Crippen molar-refractivity contribution in [2.24, 2.45) is 0 Å². The summed E-state index contributed by atoms with van der Waals surface area (Å²) in [7, 11) is -4.03. The number of amides is 1. The summed E-state index contributed by atoms with van der Waals surface area (Å²) in [4.78, 5) is 12.5. The lowest BCUT2D eigenvalue weighted by Crippen LogP contribution is -2.29. The molecule has 0 bridgehead atoms. The number of nitrogens with zero attached hydrogens (tertiary/aromatic N) is 2. The lowest BCUT2D eigenvalue weighted by atomic mass is 9.92. The van der Waals surface area contributed by atoms with E-state index in [4.69, 9.17) is 46.4 Å². The highest BCUT2D eigenvalue weighted by atomic mass is 35.5. The molecule has 6 nitrogen and oxygen atoms in total. The third kappa shape index (κ3) is 6.21. The highest BCUT2D eigenvalue weighted by Gasteiger charge is 2.23. The summed E-state index contributed by atoms with van der Waals surface area (Å²) in [5.41, 5.74) is 5.87. The molecular formula is C27H21Cl4N3O3S2. The minimum atomic E-state index is -4.03. The maximum atomic E-state index is 12.5. The summed E-state index contributed by atoms with van der Waals surface area (Å²) in [5, 5.41) is 5.93. The molecule has 202 valence electrons. The second-order valence-corrected chi connectivity index (χ2v) is 13.8. The number of carbonyl (C=O) groups excluding carboxylic acids is 1. The number of nitrogens with one attached hydrogen (secondary N) is 1.